The van der Waals surface area contributed by atoms with E-state index in [1.807, 2.05) is 6.07 Å². The number of carbonyl (C=O) groups is 3. The lowest BCUT2D eigenvalue weighted by molar-refractivity contribution is -0.140. The van der Waals surface area contributed by atoms with Crippen LogP contribution >= 0.6 is 0 Å². The van der Waals surface area contributed by atoms with E-state index < -0.39 is 23.2 Å². The quantitative estimate of drug-likeness (QED) is 0.851. The van der Waals surface area contributed by atoms with Crippen molar-refractivity contribution in [2.75, 3.05) is 16.8 Å². The van der Waals surface area contributed by atoms with Crippen LogP contribution in [0.1, 0.15) is 29.8 Å². The van der Waals surface area contributed by atoms with E-state index in [2.05, 4.69) is 10.3 Å². The first kappa shape index (κ1) is 18.2. The first-order valence-electron chi connectivity index (χ1n) is 9.19. The number of amides is 2. The summed E-state index contributed by atoms with van der Waals surface area (Å²) in [5.41, 5.74) is 2.30. The highest BCUT2D eigenvalue weighted by molar-refractivity contribution is 6.08. The minimum Gasteiger partial charge on any atom is -0.481 e. The summed E-state index contributed by atoms with van der Waals surface area (Å²) in [5, 5.41) is 12.1. The number of fused-ring (bicyclic) bond motifs is 1. The van der Waals surface area contributed by atoms with Crippen molar-refractivity contribution in [3.05, 3.63) is 53.9 Å². The van der Waals surface area contributed by atoms with Crippen molar-refractivity contribution in [2.45, 2.75) is 20.3 Å². The van der Waals surface area contributed by atoms with Crippen LogP contribution in [0.5, 0.6) is 0 Å². The number of rotatable bonds is 4. The number of pyridine rings is 1. The van der Waals surface area contributed by atoms with Crippen molar-refractivity contribution in [3.8, 4) is 0 Å². The predicted molar refractivity (Wildman–Crippen MR) is 103 cm³/mol. The molecule has 0 saturated heterocycles. The van der Waals surface area contributed by atoms with Gasteiger partial charge in [0.15, 0.2) is 0 Å². The van der Waals surface area contributed by atoms with E-state index in [1.54, 1.807) is 49.2 Å². The third kappa shape index (κ3) is 2.93. The molecule has 4 rings (SSSR count). The van der Waals surface area contributed by atoms with Crippen molar-refractivity contribution in [3.63, 3.8) is 0 Å². The Labute approximate surface area is 162 Å². The molecule has 2 heterocycles. The second-order valence-electron chi connectivity index (χ2n) is 7.90. The van der Waals surface area contributed by atoms with Crippen LogP contribution in [0.4, 0.5) is 11.4 Å². The lowest BCUT2D eigenvalue weighted by atomic mass is 10.1. The number of nitrogens with zero attached hydrogens (tertiary/aromatic N) is 2. The van der Waals surface area contributed by atoms with Crippen molar-refractivity contribution in [1.29, 1.82) is 0 Å². The maximum Gasteiger partial charge on any atom is 0.307 e. The van der Waals surface area contributed by atoms with Crippen molar-refractivity contribution < 1.29 is 19.5 Å². The lowest BCUT2D eigenvalue weighted by Gasteiger charge is -2.18. The van der Waals surface area contributed by atoms with E-state index >= 15 is 0 Å². The van der Waals surface area contributed by atoms with Crippen molar-refractivity contribution in [2.24, 2.45) is 17.3 Å². The minimum atomic E-state index is -0.952. The Hall–Kier alpha value is -3.22. The molecule has 1 aliphatic carbocycles. The number of aromatic nitrogens is 1. The number of carboxylic acid groups (broad SMARTS) is 1. The summed E-state index contributed by atoms with van der Waals surface area (Å²) in [6, 6.07) is 8.91. The third-order valence-electron chi connectivity index (χ3n) is 5.78. The standard InChI is InChI=1S/C21H21N3O4/c1-21(2)16(17(21)20(27)28)18(25)23-14-6-5-12-7-9-24(15(12)10-14)19(26)13-4-3-8-22-11-13/h3-6,8,10-11,16-17H,7,9H2,1-2H3,(H,23,25)(H,27,28)/t16-,17+/m0/s1. The largest absolute Gasteiger partial charge is 0.481 e. The zero-order valence-electron chi connectivity index (χ0n) is 15.7. The van der Waals surface area contributed by atoms with Gasteiger partial charge in [-0.3, -0.25) is 19.4 Å². The molecule has 2 N–H and O–H groups in total. The van der Waals surface area contributed by atoms with Crippen LogP contribution in [0.2, 0.25) is 0 Å². The van der Waals surface area contributed by atoms with E-state index in [-0.39, 0.29) is 11.8 Å². The maximum absolute atomic E-state index is 12.8. The van der Waals surface area contributed by atoms with Gasteiger partial charge in [0.05, 0.1) is 17.4 Å². The Kier molecular flexibility index (Phi) is 4.18. The molecule has 1 aromatic carbocycles. The first-order chi connectivity index (χ1) is 13.3. The number of nitrogens with one attached hydrogen (secondary N) is 1. The second kappa shape index (κ2) is 6.44. The molecule has 0 bridgehead atoms. The molecule has 7 nitrogen and oxygen atoms in total. The Bertz CT molecular complexity index is 971. The van der Waals surface area contributed by atoms with Crippen LogP contribution in [0, 0.1) is 17.3 Å². The van der Waals surface area contributed by atoms with Gasteiger partial charge in [-0.05, 0) is 41.7 Å². The summed E-state index contributed by atoms with van der Waals surface area (Å²) < 4.78 is 0. The van der Waals surface area contributed by atoms with Gasteiger partial charge in [0.25, 0.3) is 5.91 Å². The summed E-state index contributed by atoms with van der Waals surface area (Å²) in [6.45, 7) is 4.14. The summed E-state index contributed by atoms with van der Waals surface area (Å²) in [4.78, 5) is 42.4. The molecular formula is C21H21N3O4. The van der Waals surface area contributed by atoms with Crippen LogP contribution in [-0.4, -0.2) is 34.4 Å². The van der Waals surface area contributed by atoms with Crippen molar-refractivity contribution >= 4 is 29.2 Å². The summed E-state index contributed by atoms with van der Waals surface area (Å²) >= 11 is 0. The van der Waals surface area contributed by atoms with Crippen LogP contribution in [0.15, 0.2) is 42.7 Å². The van der Waals surface area contributed by atoms with Crippen molar-refractivity contribution in [1.82, 2.24) is 4.98 Å². The molecule has 2 aromatic rings. The van der Waals surface area contributed by atoms with E-state index in [4.69, 9.17) is 0 Å². The molecule has 1 fully saturated rings. The molecule has 0 unspecified atom stereocenters. The zero-order chi connectivity index (χ0) is 20.1. The number of carbonyl (C=O) groups excluding carboxylic acids is 2. The van der Waals surface area contributed by atoms with E-state index in [0.29, 0.717) is 17.8 Å². The van der Waals surface area contributed by atoms with E-state index in [1.165, 1.54) is 6.20 Å². The number of hydrogen-bond acceptors (Lipinski definition) is 4. The van der Waals surface area contributed by atoms with Gasteiger partial charge in [0.1, 0.15) is 0 Å². The van der Waals surface area contributed by atoms with Crippen LogP contribution in [-0.2, 0) is 16.0 Å². The molecule has 0 radical (unpaired) electrons. The number of hydrogen-bond donors (Lipinski definition) is 2. The smallest absolute Gasteiger partial charge is 0.307 e. The molecule has 1 aliphatic heterocycles. The number of benzene rings is 1. The second-order valence-corrected chi connectivity index (χ2v) is 7.90. The highest BCUT2D eigenvalue weighted by Gasteiger charge is 2.65. The molecule has 7 heteroatoms. The highest BCUT2D eigenvalue weighted by Crippen LogP contribution is 2.58. The number of aliphatic carboxylic acids is 1. The van der Waals surface area contributed by atoms with Gasteiger partial charge in [-0.1, -0.05) is 19.9 Å². The van der Waals surface area contributed by atoms with Crippen LogP contribution in [0.25, 0.3) is 0 Å². The average Bonchev–Trinajstić information content (AvgIpc) is 3.04. The van der Waals surface area contributed by atoms with Crippen LogP contribution in [0.3, 0.4) is 0 Å². The zero-order valence-corrected chi connectivity index (χ0v) is 15.7. The van der Waals surface area contributed by atoms with Crippen LogP contribution < -0.4 is 10.2 Å². The minimum absolute atomic E-state index is 0.135. The van der Waals surface area contributed by atoms with E-state index in [9.17, 15) is 19.5 Å². The SMILES string of the molecule is CC1(C)[C@H](C(=O)Nc2ccc3c(c2)N(C(=O)c2cccnc2)CC3)[C@@H]1C(=O)O. The maximum atomic E-state index is 12.8. The Morgan fingerprint density at radius 2 is 2.00 bits per heavy atom. The average molecular weight is 379 g/mol. The fourth-order valence-electron chi connectivity index (χ4n) is 4.12. The molecule has 2 aliphatic rings. The van der Waals surface area contributed by atoms with E-state index in [0.717, 1.165) is 17.7 Å². The molecule has 2 atom stereocenters. The fraction of sp³-hybridized carbons (Fsp3) is 0.333. The third-order valence-corrected chi connectivity index (χ3v) is 5.78. The van der Waals surface area contributed by atoms with Gasteiger partial charge in [-0.15, -0.1) is 0 Å². The highest BCUT2D eigenvalue weighted by atomic mass is 16.4. The molecule has 1 saturated carbocycles. The molecule has 144 valence electrons. The Morgan fingerprint density at radius 1 is 1.21 bits per heavy atom. The first-order valence-corrected chi connectivity index (χ1v) is 9.19. The fourth-order valence-corrected chi connectivity index (χ4v) is 4.12. The van der Waals surface area contributed by atoms with Gasteiger partial charge in [-0.2, -0.15) is 0 Å². The summed E-state index contributed by atoms with van der Waals surface area (Å²) in [6.07, 6.45) is 3.89. The lowest BCUT2D eigenvalue weighted by Crippen LogP contribution is -2.29. The molecule has 2 amide bonds. The van der Waals surface area contributed by atoms with Gasteiger partial charge in [-0.25, -0.2) is 0 Å². The normalized spacial score (nSPS) is 21.7. The monoisotopic (exact) mass is 379 g/mol. The molecule has 28 heavy (non-hydrogen) atoms. The van der Waals surface area contributed by atoms with Gasteiger partial charge < -0.3 is 15.3 Å². The predicted octanol–water partition coefficient (Wildman–Crippen LogP) is 2.58. The summed E-state index contributed by atoms with van der Waals surface area (Å²) in [5.74, 6) is -2.63. The Morgan fingerprint density at radius 3 is 2.64 bits per heavy atom. The molecule has 1 aromatic heterocycles. The van der Waals surface area contributed by atoms with Gasteiger partial charge in [0.2, 0.25) is 5.91 Å². The van der Waals surface area contributed by atoms with Gasteiger partial charge in [0, 0.05) is 30.3 Å². The summed E-state index contributed by atoms with van der Waals surface area (Å²) in [7, 11) is 0. The molecule has 0 spiro atoms. The molecular weight excluding hydrogens is 358 g/mol. The topological polar surface area (TPSA) is 99.6 Å². The number of anilines is 2. The van der Waals surface area contributed by atoms with Gasteiger partial charge >= 0.3 is 5.97 Å². The number of carboxylic acids is 1. The Balaban J connectivity index is 1.54.